The maximum atomic E-state index is 10.8. The third-order valence-corrected chi connectivity index (χ3v) is 3.05. The van der Waals surface area contributed by atoms with Gasteiger partial charge < -0.3 is 0 Å². The average Bonchev–Trinajstić information content (AvgIpc) is 2.43. The molecule has 1 rings (SSSR count). The normalized spacial score (nSPS) is 13.0. The molecule has 0 aliphatic carbocycles. The number of rotatable bonds is 4. The first-order valence-corrected chi connectivity index (χ1v) is 6.98. The predicted octanol–water partition coefficient (Wildman–Crippen LogP) is 4.29. The highest BCUT2D eigenvalue weighted by Gasteiger charge is 2.08. The highest BCUT2D eigenvalue weighted by Crippen LogP contribution is 2.22. The summed E-state index contributed by atoms with van der Waals surface area (Å²) in [6.45, 7) is 3.82. The van der Waals surface area contributed by atoms with E-state index in [2.05, 4.69) is 4.99 Å². The molecular formula is C14H16N2O2S. The molecule has 100 valence electrons. The van der Waals surface area contributed by atoms with E-state index in [9.17, 15) is 10.1 Å². The van der Waals surface area contributed by atoms with Crippen molar-refractivity contribution in [1.82, 2.24) is 0 Å². The summed E-state index contributed by atoms with van der Waals surface area (Å²) >= 11 is 1.54. The molecule has 0 amide bonds. The summed E-state index contributed by atoms with van der Waals surface area (Å²) < 4.78 is 0. The van der Waals surface area contributed by atoms with Gasteiger partial charge in [0.15, 0.2) is 0 Å². The van der Waals surface area contributed by atoms with Crippen LogP contribution in [0, 0.1) is 10.1 Å². The Kier molecular flexibility index (Phi) is 6.02. The van der Waals surface area contributed by atoms with Crippen molar-refractivity contribution in [3.05, 3.63) is 58.2 Å². The number of allylic oxidation sites excluding steroid dienone is 3. The van der Waals surface area contributed by atoms with Crippen LogP contribution in [0.1, 0.15) is 19.4 Å². The van der Waals surface area contributed by atoms with Crippen LogP contribution in [0.15, 0.2) is 47.5 Å². The fourth-order valence-electron chi connectivity index (χ4n) is 1.38. The zero-order chi connectivity index (χ0) is 14.3. The number of nitro benzene ring substituents is 1. The molecule has 1 aromatic carbocycles. The summed E-state index contributed by atoms with van der Waals surface area (Å²) in [5.41, 5.74) is 1.52. The van der Waals surface area contributed by atoms with E-state index in [-0.39, 0.29) is 5.69 Å². The molecule has 0 saturated heterocycles. The molecule has 1 aromatic rings. The first kappa shape index (κ1) is 15.2. The van der Waals surface area contributed by atoms with Crippen LogP contribution in [0.2, 0.25) is 0 Å². The zero-order valence-corrected chi connectivity index (χ0v) is 12.0. The number of nitro groups is 1. The lowest BCUT2D eigenvalue weighted by Gasteiger charge is -2.03. The number of non-ortho nitro benzene ring substituents is 1. The zero-order valence-electron chi connectivity index (χ0n) is 11.2. The molecule has 0 aromatic heterocycles. The van der Waals surface area contributed by atoms with Gasteiger partial charge in [0.25, 0.3) is 5.69 Å². The van der Waals surface area contributed by atoms with Crippen LogP contribution in [0.25, 0.3) is 5.70 Å². The van der Waals surface area contributed by atoms with Crippen LogP contribution in [0.3, 0.4) is 0 Å². The molecule has 0 heterocycles. The van der Waals surface area contributed by atoms with Crippen molar-refractivity contribution in [2.75, 3.05) is 6.26 Å². The van der Waals surface area contributed by atoms with E-state index in [1.807, 2.05) is 44.4 Å². The van der Waals surface area contributed by atoms with Gasteiger partial charge in [0.05, 0.1) is 15.7 Å². The number of hydrogen-bond acceptors (Lipinski definition) is 4. The monoisotopic (exact) mass is 276 g/mol. The smallest absolute Gasteiger partial charge is 0.258 e. The van der Waals surface area contributed by atoms with Crippen molar-refractivity contribution < 1.29 is 4.92 Å². The SMILES string of the molecule is C/C=C\C=C(/N=C(C)SC)c1cccc([N+](=O)[O-])c1. The Morgan fingerprint density at radius 3 is 2.79 bits per heavy atom. The minimum Gasteiger partial charge on any atom is -0.258 e. The van der Waals surface area contributed by atoms with Crippen molar-refractivity contribution >= 4 is 28.2 Å². The quantitative estimate of drug-likeness (QED) is 0.271. The molecule has 19 heavy (non-hydrogen) atoms. The topological polar surface area (TPSA) is 55.5 Å². The molecule has 0 saturated carbocycles. The molecule has 0 aliphatic heterocycles. The van der Waals surface area contributed by atoms with Crippen molar-refractivity contribution in [2.45, 2.75) is 13.8 Å². The standard InChI is InChI=1S/C14H16N2O2S/c1-4-5-9-14(15-11(2)19-3)12-7-6-8-13(10-12)16(17)18/h4-10H,1-3H3/b5-4-,14-9-,15-11?. The van der Waals surface area contributed by atoms with Gasteiger partial charge in [-0.25, -0.2) is 4.99 Å². The van der Waals surface area contributed by atoms with Crippen LogP contribution in [-0.4, -0.2) is 16.2 Å². The van der Waals surface area contributed by atoms with E-state index in [1.165, 1.54) is 12.1 Å². The van der Waals surface area contributed by atoms with Gasteiger partial charge in [0.1, 0.15) is 0 Å². The summed E-state index contributed by atoms with van der Waals surface area (Å²) in [4.78, 5) is 14.9. The van der Waals surface area contributed by atoms with Gasteiger partial charge in [0.2, 0.25) is 0 Å². The van der Waals surface area contributed by atoms with Crippen molar-refractivity contribution in [1.29, 1.82) is 0 Å². The predicted molar refractivity (Wildman–Crippen MR) is 82.5 cm³/mol. The highest BCUT2D eigenvalue weighted by atomic mass is 32.2. The Labute approximate surface area is 117 Å². The third-order valence-electron chi connectivity index (χ3n) is 2.37. The Hall–Kier alpha value is -1.88. The number of hydrogen-bond donors (Lipinski definition) is 0. The minimum atomic E-state index is -0.401. The molecule has 0 atom stereocenters. The molecule has 0 aliphatic rings. The minimum absolute atomic E-state index is 0.0703. The van der Waals surface area contributed by atoms with Gasteiger partial charge in [-0.3, -0.25) is 10.1 Å². The van der Waals surface area contributed by atoms with Crippen LogP contribution in [-0.2, 0) is 0 Å². The molecule has 0 radical (unpaired) electrons. The Morgan fingerprint density at radius 2 is 2.21 bits per heavy atom. The Morgan fingerprint density at radius 1 is 1.47 bits per heavy atom. The lowest BCUT2D eigenvalue weighted by Crippen LogP contribution is -1.91. The molecule has 5 heteroatoms. The summed E-state index contributed by atoms with van der Waals surface area (Å²) in [7, 11) is 0. The number of thioether (sulfide) groups is 1. The van der Waals surface area contributed by atoms with E-state index < -0.39 is 4.92 Å². The van der Waals surface area contributed by atoms with Crippen LogP contribution in [0.4, 0.5) is 5.69 Å². The molecular weight excluding hydrogens is 260 g/mol. The van der Waals surface area contributed by atoms with Gasteiger partial charge in [-0.15, -0.1) is 11.8 Å². The second-order valence-electron chi connectivity index (χ2n) is 3.72. The summed E-state index contributed by atoms with van der Waals surface area (Å²) in [5, 5.41) is 11.7. The van der Waals surface area contributed by atoms with Crippen LogP contribution in [0.5, 0.6) is 0 Å². The lowest BCUT2D eigenvalue weighted by molar-refractivity contribution is -0.384. The van der Waals surface area contributed by atoms with E-state index in [0.717, 1.165) is 10.6 Å². The largest absolute Gasteiger partial charge is 0.270 e. The van der Waals surface area contributed by atoms with Gasteiger partial charge in [-0.05, 0) is 26.2 Å². The summed E-state index contributed by atoms with van der Waals surface area (Å²) in [5.74, 6) is 0. The summed E-state index contributed by atoms with van der Waals surface area (Å²) in [6.07, 6.45) is 7.55. The third kappa shape index (κ3) is 4.71. The van der Waals surface area contributed by atoms with Crippen LogP contribution >= 0.6 is 11.8 Å². The van der Waals surface area contributed by atoms with Gasteiger partial charge in [-0.2, -0.15) is 0 Å². The number of aliphatic imine (C=N–C) groups is 1. The van der Waals surface area contributed by atoms with E-state index in [4.69, 9.17) is 0 Å². The van der Waals surface area contributed by atoms with Crippen molar-refractivity contribution in [3.63, 3.8) is 0 Å². The highest BCUT2D eigenvalue weighted by molar-refractivity contribution is 8.13. The molecule has 0 spiro atoms. The summed E-state index contributed by atoms with van der Waals surface area (Å²) in [6, 6.07) is 6.49. The fourth-order valence-corrected chi connectivity index (χ4v) is 1.57. The molecule has 0 N–H and O–H groups in total. The molecule has 0 bridgehead atoms. The second-order valence-corrected chi connectivity index (χ2v) is 4.72. The number of benzene rings is 1. The molecule has 0 fully saturated rings. The molecule has 0 unspecified atom stereocenters. The Balaban J connectivity index is 3.25. The van der Waals surface area contributed by atoms with Crippen molar-refractivity contribution in [2.24, 2.45) is 4.99 Å². The van der Waals surface area contributed by atoms with Crippen molar-refractivity contribution in [3.8, 4) is 0 Å². The number of nitrogens with zero attached hydrogens (tertiary/aromatic N) is 2. The van der Waals surface area contributed by atoms with E-state index >= 15 is 0 Å². The van der Waals surface area contributed by atoms with E-state index in [1.54, 1.807) is 17.8 Å². The van der Waals surface area contributed by atoms with Gasteiger partial charge >= 0.3 is 0 Å². The second kappa shape index (κ2) is 7.53. The first-order chi connectivity index (χ1) is 9.08. The van der Waals surface area contributed by atoms with Gasteiger partial charge in [-0.1, -0.05) is 24.3 Å². The lowest BCUT2D eigenvalue weighted by atomic mass is 10.1. The van der Waals surface area contributed by atoms with E-state index in [0.29, 0.717) is 5.70 Å². The molecule has 4 nitrogen and oxygen atoms in total. The maximum Gasteiger partial charge on any atom is 0.270 e. The first-order valence-electron chi connectivity index (χ1n) is 5.75. The van der Waals surface area contributed by atoms with Crippen LogP contribution < -0.4 is 0 Å². The average molecular weight is 276 g/mol. The Bertz CT molecular complexity index is 548. The maximum absolute atomic E-state index is 10.8. The fraction of sp³-hybridized carbons (Fsp3) is 0.214. The van der Waals surface area contributed by atoms with Gasteiger partial charge in [0, 0.05) is 17.7 Å².